The van der Waals surface area contributed by atoms with Gasteiger partial charge in [0.2, 0.25) is 5.91 Å². The van der Waals surface area contributed by atoms with E-state index >= 15 is 0 Å². The fraction of sp³-hybridized carbons (Fsp3) is 0.409. The van der Waals surface area contributed by atoms with E-state index in [0.717, 1.165) is 47.5 Å². The molecular weight excluding hydrogens is 386 g/mol. The van der Waals surface area contributed by atoms with E-state index in [9.17, 15) is 9.59 Å². The first-order chi connectivity index (χ1) is 13.8. The van der Waals surface area contributed by atoms with Gasteiger partial charge in [0, 0.05) is 12.2 Å². The number of amides is 2. The van der Waals surface area contributed by atoms with Gasteiger partial charge >= 0.3 is 0 Å². The first-order valence-electron chi connectivity index (χ1n) is 9.67. The number of benzene rings is 1. The molecule has 1 aliphatic heterocycles. The Labute approximate surface area is 175 Å². The van der Waals surface area contributed by atoms with Crippen LogP contribution >= 0.6 is 11.8 Å². The van der Waals surface area contributed by atoms with Gasteiger partial charge in [-0.2, -0.15) is 0 Å². The molecule has 29 heavy (non-hydrogen) atoms. The van der Waals surface area contributed by atoms with Gasteiger partial charge in [0.05, 0.1) is 24.5 Å². The smallest absolute Gasteiger partial charge is 0.251 e. The third-order valence-corrected chi connectivity index (χ3v) is 6.55. The summed E-state index contributed by atoms with van der Waals surface area (Å²) in [5.74, 6) is 0.532. The van der Waals surface area contributed by atoms with E-state index in [4.69, 9.17) is 10.5 Å². The summed E-state index contributed by atoms with van der Waals surface area (Å²) in [6.45, 7) is 6.42. The number of ether oxygens (including phenoxy) is 1. The second kappa shape index (κ2) is 8.86. The van der Waals surface area contributed by atoms with E-state index in [1.54, 1.807) is 7.11 Å². The Balaban J connectivity index is 1.78. The molecule has 1 aromatic heterocycles. The number of likely N-dealkylation sites (tertiary alicyclic amines) is 1. The number of nitrogens with two attached hydrogens (primary N) is 1. The van der Waals surface area contributed by atoms with Gasteiger partial charge in [-0.1, -0.05) is 23.9 Å². The highest BCUT2D eigenvalue weighted by Gasteiger charge is 2.30. The fourth-order valence-electron chi connectivity index (χ4n) is 3.78. The molecule has 0 saturated carbocycles. The molecule has 0 radical (unpaired) electrons. The van der Waals surface area contributed by atoms with E-state index in [0.29, 0.717) is 10.6 Å². The zero-order valence-corrected chi connectivity index (χ0v) is 18.1. The van der Waals surface area contributed by atoms with Gasteiger partial charge in [-0.05, 0) is 62.4 Å². The normalized spacial score (nSPS) is 16.1. The highest BCUT2D eigenvalue weighted by molar-refractivity contribution is 8.00. The SMILES string of the molecule is COc1cccc(C2CCCN2C(=O)CSc2nc(C)c(C)c(C)c2C(N)=O)c1. The third-order valence-electron chi connectivity index (χ3n) is 5.59. The molecule has 2 amide bonds. The second-order valence-electron chi connectivity index (χ2n) is 7.30. The molecule has 0 aliphatic carbocycles. The van der Waals surface area contributed by atoms with Gasteiger partial charge in [0.25, 0.3) is 5.91 Å². The Hall–Kier alpha value is -2.54. The molecule has 2 aromatic rings. The predicted molar refractivity (Wildman–Crippen MR) is 114 cm³/mol. The van der Waals surface area contributed by atoms with Gasteiger partial charge in [-0.25, -0.2) is 4.98 Å². The molecule has 1 atom stereocenters. The van der Waals surface area contributed by atoms with Crippen LogP contribution in [0.1, 0.15) is 51.6 Å². The van der Waals surface area contributed by atoms with Gasteiger partial charge < -0.3 is 15.4 Å². The number of pyridine rings is 1. The van der Waals surface area contributed by atoms with Crippen molar-refractivity contribution in [3.05, 3.63) is 52.2 Å². The predicted octanol–water partition coefficient (Wildman–Crippen LogP) is 3.57. The zero-order chi connectivity index (χ0) is 21.1. The molecule has 1 fully saturated rings. The van der Waals surface area contributed by atoms with Crippen LogP contribution < -0.4 is 10.5 Å². The number of hydrogen-bond donors (Lipinski definition) is 1. The third kappa shape index (κ3) is 4.40. The molecule has 154 valence electrons. The maximum Gasteiger partial charge on any atom is 0.251 e. The van der Waals surface area contributed by atoms with E-state index in [1.165, 1.54) is 11.8 Å². The van der Waals surface area contributed by atoms with Crippen molar-refractivity contribution in [1.29, 1.82) is 0 Å². The Morgan fingerprint density at radius 2 is 2.03 bits per heavy atom. The van der Waals surface area contributed by atoms with Crippen molar-refractivity contribution in [2.24, 2.45) is 5.73 Å². The highest BCUT2D eigenvalue weighted by Crippen LogP contribution is 2.35. The van der Waals surface area contributed by atoms with Crippen molar-refractivity contribution in [1.82, 2.24) is 9.88 Å². The van der Waals surface area contributed by atoms with Gasteiger partial charge in [-0.15, -0.1) is 0 Å². The number of methoxy groups -OCH3 is 1. The van der Waals surface area contributed by atoms with Gasteiger partial charge in [0.15, 0.2) is 0 Å². The summed E-state index contributed by atoms with van der Waals surface area (Å²) in [4.78, 5) is 31.4. The summed E-state index contributed by atoms with van der Waals surface area (Å²) in [5, 5.41) is 0.531. The minimum Gasteiger partial charge on any atom is -0.497 e. The topological polar surface area (TPSA) is 85.5 Å². The maximum absolute atomic E-state index is 13.0. The molecular formula is C22H27N3O3S. The molecule has 2 N–H and O–H groups in total. The number of hydrogen-bond acceptors (Lipinski definition) is 5. The van der Waals surface area contributed by atoms with Crippen LogP contribution in [0, 0.1) is 20.8 Å². The highest BCUT2D eigenvalue weighted by atomic mass is 32.2. The fourth-order valence-corrected chi connectivity index (χ4v) is 4.81. The van der Waals surface area contributed by atoms with E-state index < -0.39 is 5.91 Å². The van der Waals surface area contributed by atoms with Crippen LogP contribution in [0.25, 0.3) is 0 Å². The Morgan fingerprint density at radius 1 is 1.28 bits per heavy atom. The first kappa shape index (κ1) is 21.2. The monoisotopic (exact) mass is 413 g/mol. The maximum atomic E-state index is 13.0. The average Bonchev–Trinajstić information content (AvgIpc) is 3.20. The molecule has 1 unspecified atom stereocenters. The zero-order valence-electron chi connectivity index (χ0n) is 17.3. The molecule has 0 bridgehead atoms. The minimum atomic E-state index is -0.511. The van der Waals surface area contributed by atoms with Crippen molar-refractivity contribution >= 4 is 23.6 Å². The van der Waals surface area contributed by atoms with E-state index in [-0.39, 0.29) is 17.7 Å². The van der Waals surface area contributed by atoms with Gasteiger partial charge in [0.1, 0.15) is 10.8 Å². The second-order valence-corrected chi connectivity index (χ2v) is 8.27. The molecule has 2 heterocycles. The average molecular weight is 414 g/mol. The largest absolute Gasteiger partial charge is 0.497 e. The molecule has 1 aliphatic rings. The lowest BCUT2D eigenvalue weighted by atomic mass is 10.0. The Morgan fingerprint density at radius 3 is 2.72 bits per heavy atom. The molecule has 7 heteroatoms. The van der Waals surface area contributed by atoms with Crippen LogP contribution in [-0.4, -0.2) is 41.1 Å². The summed E-state index contributed by atoms with van der Waals surface area (Å²) in [6, 6.07) is 7.92. The molecule has 6 nitrogen and oxygen atoms in total. The number of carbonyl (C=O) groups is 2. The number of nitrogens with zero attached hydrogens (tertiary/aromatic N) is 2. The molecule has 3 rings (SSSR count). The minimum absolute atomic E-state index is 0.0356. The number of aromatic nitrogens is 1. The Bertz CT molecular complexity index is 945. The van der Waals surface area contributed by atoms with Crippen LogP contribution in [0.3, 0.4) is 0 Å². The van der Waals surface area contributed by atoms with Crippen molar-refractivity contribution in [2.75, 3.05) is 19.4 Å². The van der Waals surface area contributed by atoms with Crippen LogP contribution in [0.2, 0.25) is 0 Å². The molecule has 1 aromatic carbocycles. The lowest BCUT2D eigenvalue weighted by molar-refractivity contribution is -0.129. The summed E-state index contributed by atoms with van der Waals surface area (Å²) >= 11 is 1.28. The van der Waals surface area contributed by atoms with Crippen LogP contribution in [0.15, 0.2) is 29.3 Å². The Kier molecular flexibility index (Phi) is 6.47. The molecule has 0 spiro atoms. The summed E-state index contributed by atoms with van der Waals surface area (Å²) in [5.41, 5.74) is 9.71. The summed E-state index contributed by atoms with van der Waals surface area (Å²) in [6.07, 6.45) is 1.89. The van der Waals surface area contributed by atoms with E-state index in [1.807, 2.05) is 49.9 Å². The number of primary amides is 1. The number of rotatable bonds is 6. The lowest BCUT2D eigenvalue weighted by Crippen LogP contribution is -2.32. The summed E-state index contributed by atoms with van der Waals surface area (Å²) in [7, 11) is 1.64. The van der Waals surface area contributed by atoms with Crippen LogP contribution in [-0.2, 0) is 4.79 Å². The lowest BCUT2D eigenvalue weighted by Gasteiger charge is -2.25. The van der Waals surface area contributed by atoms with Gasteiger partial charge in [-0.3, -0.25) is 9.59 Å². The first-order valence-corrected chi connectivity index (χ1v) is 10.7. The summed E-state index contributed by atoms with van der Waals surface area (Å²) < 4.78 is 5.32. The van der Waals surface area contributed by atoms with E-state index in [2.05, 4.69) is 4.98 Å². The van der Waals surface area contributed by atoms with Crippen LogP contribution in [0.5, 0.6) is 5.75 Å². The number of carbonyl (C=O) groups excluding carboxylic acids is 2. The van der Waals surface area contributed by atoms with Crippen LogP contribution in [0.4, 0.5) is 0 Å². The van der Waals surface area contributed by atoms with Crippen molar-refractivity contribution in [2.45, 2.75) is 44.7 Å². The van der Waals surface area contributed by atoms with Crippen molar-refractivity contribution < 1.29 is 14.3 Å². The van der Waals surface area contributed by atoms with Crippen molar-refractivity contribution in [3.8, 4) is 5.75 Å². The van der Waals surface area contributed by atoms with Crippen molar-refractivity contribution in [3.63, 3.8) is 0 Å². The quantitative estimate of drug-likeness (QED) is 0.732. The number of thioether (sulfide) groups is 1. The number of aryl methyl sites for hydroxylation is 1. The molecule has 1 saturated heterocycles. The standard InChI is InChI=1S/C22H27N3O3S/c1-13-14(2)20(21(23)27)22(24-15(13)3)29-12-19(26)25-10-6-9-18(25)16-7-5-8-17(11-16)28-4/h5,7-8,11,18H,6,9-10,12H2,1-4H3,(H2,23,27).